The number of aromatic nitrogens is 1. The van der Waals surface area contributed by atoms with E-state index in [1.807, 2.05) is 0 Å². The van der Waals surface area contributed by atoms with Gasteiger partial charge in [0.2, 0.25) is 0 Å². The van der Waals surface area contributed by atoms with E-state index >= 15 is 0 Å². The molecule has 0 radical (unpaired) electrons. The number of furan rings is 1. The largest absolute Gasteiger partial charge is 0.476 e. The maximum atomic E-state index is 11.6. The summed E-state index contributed by atoms with van der Waals surface area (Å²) in [6, 6.07) is 2.91. The Morgan fingerprint density at radius 1 is 1.50 bits per heavy atom. The lowest BCUT2D eigenvalue weighted by Gasteiger charge is -1.99. The zero-order valence-electron chi connectivity index (χ0n) is 8.84. The van der Waals surface area contributed by atoms with Crippen molar-refractivity contribution in [2.24, 2.45) is 0 Å². The number of hydrogen-bond donors (Lipinski definition) is 2. The van der Waals surface area contributed by atoms with E-state index in [0.717, 1.165) is 11.3 Å². The number of nitrogens with zero attached hydrogens (tertiary/aromatic N) is 1. The fraction of sp³-hybridized carbons (Fsp3) is 0.100. The van der Waals surface area contributed by atoms with Crippen LogP contribution in [-0.4, -0.2) is 22.0 Å². The predicted molar refractivity (Wildman–Crippen MR) is 64.0 cm³/mol. The molecule has 0 spiro atoms. The van der Waals surface area contributed by atoms with Crippen molar-refractivity contribution in [1.82, 2.24) is 10.3 Å². The van der Waals surface area contributed by atoms with E-state index in [0.29, 0.717) is 5.01 Å². The van der Waals surface area contributed by atoms with Gasteiger partial charge in [-0.2, -0.15) is 0 Å². The molecule has 0 saturated heterocycles. The Hall–Kier alpha value is -1.86. The first kappa shape index (κ1) is 12.6. The minimum atomic E-state index is -1.10. The van der Waals surface area contributed by atoms with Crippen molar-refractivity contribution < 1.29 is 19.1 Å². The molecule has 18 heavy (non-hydrogen) atoms. The molecule has 6 nitrogen and oxygen atoms in total. The second-order valence-electron chi connectivity index (χ2n) is 3.22. The van der Waals surface area contributed by atoms with Crippen molar-refractivity contribution in [2.45, 2.75) is 6.54 Å². The number of carbonyl (C=O) groups excluding carboxylic acids is 1. The van der Waals surface area contributed by atoms with Crippen LogP contribution in [-0.2, 0) is 6.54 Å². The molecule has 2 N–H and O–H groups in total. The SMILES string of the molecule is O=C(O)c1csc(CNC(=O)c2ccc(Cl)o2)n1. The number of amides is 1. The van der Waals surface area contributed by atoms with Crippen LogP contribution in [0.1, 0.15) is 26.1 Å². The van der Waals surface area contributed by atoms with Gasteiger partial charge in [0.1, 0.15) is 5.01 Å². The molecule has 0 aliphatic heterocycles. The summed E-state index contributed by atoms with van der Waals surface area (Å²) in [6.45, 7) is 0.134. The van der Waals surface area contributed by atoms with Gasteiger partial charge in [0.15, 0.2) is 16.7 Å². The summed E-state index contributed by atoms with van der Waals surface area (Å²) in [5, 5.41) is 13.3. The Labute approximate surface area is 110 Å². The van der Waals surface area contributed by atoms with E-state index in [9.17, 15) is 9.59 Å². The molecule has 0 atom stereocenters. The van der Waals surface area contributed by atoms with Gasteiger partial charge in [-0.1, -0.05) is 0 Å². The lowest BCUT2D eigenvalue weighted by molar-refractivity contribution is 0.0691. The molecular formula is C10H7ClN2O4S. The summed E-state index contributed by atoms with van der Waals surface area (Å²) in [5.41, 5.74) is -0.0368. The van der Waals surface area contributed by atoms with Crippen LogP contribution in [0.25, 0.3) is 0 Å². The molecule has 0 aliphatic rings. The van der Waals surface area contributed by atoms with Gasteiger partial charge in [-0.05, 0) is 23.7 Å². The normalized spacial score (nSPS) is 10.3. The second kappa shape index (κ2) is 5.19. The lowest BCUT2D eigenvalue weighted by Crippen LogP contribution is -2.22. The zero-order valence-corrected chi connectivity index (χ0v) is 10.4. The van der Waals surface area contributed by atoms with Crippen LogP contribution in [0.3, 0.4) is 0 Å². The Morgan fingerprint density at radius 3 is 2.83 bits per heavy atom. The maximum absolute atomic E-state index is 11.6. The Morgan fingerprint density at radius 2 is 2.28 bits per heavy atom. The summed E-state index contributed by atoms with van der Waals surface area (Å²) >= 11 is 6.69. The van der Waals surface area contributed by atoms with Gasteiger partial charge in [-0.15, -0.1) is 11.3 Å². The molecule has 2 aromatic heterocycles. The molecule has 2 heterocycles. The van der Waals surface area contributed by atoms with Crippen LogP contribution in [0.5, 0.6) is 0 Å². The van der Waals surface area contributed by atoms with Crippen molar-refractivity contribution in [2.75, 3.05) is 0 Å². The molecule has 0 aromatic carbocycles. The van der Waals surface area contributed by atoms with Crippen molar-refractivity contribution in [3.05, 3.63) is 39.2 Å². The number of carboxylic acids is 1. The van der Waals surface area contributed by atoms with Crippen LogP contribution in [0.2, 0.25) is 5.22 Å². The highest BCUT2D eigenvalue weighted by Gasteiger charge is 2.12. The Kier molecular flexibility index (Phi) is 3.63. The first-order chi connectivity index (χ1) is 8.56. The lowest BCUT2D eigenvalue weighted by atomic mass is 10.4. The number of hydrogen-bond acceptors (Lipinski definition) is 5. The number of rotatable bonds is 4. The molecule has 1 amide bonds. The predicted octanol–water partition coefficient (Wildman–Crippen LogP) is 2.02. The molecule has 8 heteroatoms. The summed E-state index contributed by atoms with van der Waals surface area (Å²) in [7, 11) is 0. The van der Waals surface area contributed by atoms with Gasteiger partial charge in [-0.3, -0.25) is 4.79 Å². The van der Waals surface area contributed by atoms with Gasteiger partial charge in [0.25, 0.3) is 5.91 Å². The molecule has 0 unspecified atom stereocenters. The van der Waals surface area contributed by atoms with E-state index in [4.69, 9.17) is 21.1 Å². The van der Waals surface area contributed by atoms with Crippen LogP contribution in [0.4, 0.5) is 0 Å². The fourth-order valence-corrected chi connectivity index (χ4v) is 2.02. The molecular weight excluding hydrogens is 280 g/mol. The average molecular weight is 287 g/mol. The van der Waals surface area contributed by atoms with E-state index in [1.165, 1.54) is 17.5 Å². The first-order valence-electron chi connectivity index (χ1n) is 4.77. The molecule has 2 aromatic rings. The third kappa shape index (κ3) is 2.88. The highest BCUT2D eigenvalue weighted by atomic mass is 35.5. The zero-order chi connectivity index (χ0) is 13.1. The molecule has 0 aliphatic carbocycles. The van der Waals surface area contributed by atoms with Crippen LogP contribution >= 0.6 is 22.9 Å². The first-order valence-corrected chi connectivity index (χ1v) is 6.03. The highest BCUT2D eigenvalue weighted by Crippen LogP contribution is 2.13. The molecule has 0 saturated carbocycles. The molecule has 94 valence electrons. The van der Waals surface area contributed by atoms with E-state index < -0.39 is 11.9 Å². The summed E-state index contributed by atoms with van der Waals surface area (Å²) in [4.78, 5) is 26.0. The number of halogens is 1. The maximum Gasteiger partial charge on any atom is 0.355 e. The second-order valence-corrected chi connectivity index (χ2v) is 4.53. The number of carboxylic acid groups (broad SMARTS) is 1. The van der Waals surface area contributed by atoms with Crippen molar-refractivity contribution in [3.8, 4) is 0 Å². The van der Waals surface area contributed by atoms with Crippen molar-refractivity contribution in [1.29, 1.82) is 0 Å². The third-order valence-electron chi connectivity index (χ3n) is 1.97. The monoisotopic (exact) mass is 286 g/mol. The average Bonchev–Trinajstić information content (AvgIpc) is 2.94. The van der Waals surface area contributed by atoms with Gasteiger partial charge in [0.05, 0.1) is 6.54 Å². The summed E-state index contributed by atoms with van der Waals surface area (Å²) < 4.78 is 4.92. The van der Waals surface area contributed by atoms with Gasteiger partial charge >= 0.3 is 5.97 Å². The molecule has 0 fully saturated rings. The third-order valence-corrected chi connectivity index (χ3v) is 3.02. The molecule has 2 rings (SSSR count). The van der Waals surface area contributed by atoms with Crippen molar-refractivity contribution >= 4 is 34.8 Å². The number of carbonyl (C=O) groups is 2. The highest BCUT2D eigenvalue weighted by molar-refractivity contribution is 7.09. The summed E-state index contributed by atoms with van der Waals surface area (Å²) in [5.74, 6) is -1.44. The minimum Gasteiger partial charge on any atom is -0.476 e. The van der Waals surface area contributed by atoms with E-state index in [2.05, 4.69) is 10.3 Å². The number of aromatic carboxylic acids is 1. The van der Waals surface area contributed by atoms with E-state index in [1.54, 1.807) is 0 Å². The topological polar surface area (TPSA) is 92.4 Å². The molecule has 0 bridgehead atoms. The number of nitrogens with one attached hydrogen (secondary N) is 1. The van der Waals surface area contributed by atoms with Crippen LogP contribution < -0.4 is 5.32 Å². The quantitative estimate of drug-likeness (QED) is 0.897. The van der Waals surface area contributed by atoms with Crippen molar-refractivity contribution in [3.63, 3.8) is 0 Å². The van der Waals surface area contributed by atoms with Crippen LogP contribution in [0, 0.1) is 0 Å². The smallest absolute Gasteiger partial charge is 0.355 e. The summed E-state index contributed by atoms with van der Waals surface area (Å²) in [6.07, 6.45) is 0. The van der Waals surface area contributed by atoms with Gasteiger partial charge < -0.3 is 14.8 Å². The van der Waals surface area contributed by atoms with Gasteiger partial charge in [-0.25, -0.2) is 9.78 Å². The Balaban J connectivity index is 1.95. The fourth-order valence-electron chi connectivity index (χ4n) is 1.17. The van der Waals surface area contributed by atoms with Gasteiger partial charge in [0, 0.05) is 5.38 Å². The van der Waals surface area contributed by atoms with E-state index in [-0.39, 0.29) is 23.2 Å². The standard InChI is InChI=1S/C10H7ClN2O4S/c11-7-2-1-6(17-7)9(14)12-3-8-13-5(4-18-8)10(15)16/h1-2,4H,3H2,(H,12,14)(H,15,16). The Bertz CT molecular complexity index is 592. The minimum absolute atomic E-state index is 0.0368. The number of thiazole rings is 1. The van der Waals surface area contributed by atoms with Crippen LogP contribution in [0.15, 0.2) is 21.9 Å².